The zero-order chi connectivity index (χ0) is 10.7. The molecule has 0 aromatic carbocycles. The molecule has 0 saturated carbocycles. The molecule has 1 rings (SSSR count). The molecule has 0 radical (unpaired) electrons. The summed E-state index contributed by atoms with van der Waals surface area (Å²) < 4.78 is 28.8. The van der Waals surface area contributed by atoms with Crippen molar-refractivity contribution in [1.82, 2.24) is 4.98 Å². The molecule has 1 heterocycles. The third-order valence-electron chi connectivity index (χ3n) is 1.51. The summed E-state index contributed by atoms with van der Waals surface area (Å²) in [6.45, 7) is 0. The highest BCUT2D eigenvalue weighted by Crippen LogP contribution is 2.29. The summed E-state index contributed by atoms with van der Waals surface area (Å²) in [5.41, 5.74) is -1.16. The maximum Gasteiger partial charge on any atom is 0.314 e. The van der Waals surface area contributed by atoms with Crippen LogP contribution in [0.4, 0.5) is 14.5 Å². The summed E-state index contributed by atoms with van der Waals surface area (Å²) in [4.78, 5) is 12.9. The van der Waals surface area contributed by atoms with Gasteiger partial charge in [0.2, 0.25) is 5.75 Å². The van der Waals surface area contributed by atoms with E-state index in [0.29, 0.717) is 6.07 Å². The first-order chi connectivity index (χ1) is 6.56. The molecule has 5 nitrogen and oxygen atoms in total. The molecular weight excluding hydrogens is 198 g/mol. The van der Waals surface area contributed by atoms with Crippen molar-refractivity contribution in [1.29, 1.82) is 0 Å². The van der Waals surface area contributed by atoms with Crippen molar-refractivity contribution in [2.45, 2.75) is 6.43 Å². The quantitative estimate of drug-likeness (QED) is 0.557. The van der Waals surface area contributed by atoms with E-state index in [9.17, 15) is 18.9 Å². The van der Waals surface area contributed by atoms with Gasteiger partial charge in [-0.2, -0.15) is 0 Å². The van der Waals surface area contributed by atoms with Crippen molar-refractivity contribution in [2.24, 2.45) is 0 Å². The largest absolute Gasteiger partial charge is 0.489 e. The Labute approximate surface area is 77.5 Å². The third-order valence-corrected chi connectivity index (χ3v) is 1.51. The van der Waals surface area contributed by atoms with E-state index in [1.54, 1.807) is 0 Å². The Hall–Kier alpha value is -1.79. The van der Waals surface area contributed by atoms with Crippen LogP contribution in [0.5, 0.6) is 5.75 Å². The van der Waals surface area contributed by atoms with Gasteiger partial charge in [0.25, 0.3) is 6.43 Å². The number of nitrogens with zero attached hydrogens (tertiary/aromatic N) is 2. The van der Waals surface area contributed by atoms with Crippen molar-refractivity contribution in [3.8, 4) is 5.75 Å². The van der Waals surface area contributed by atoms with Gasteiger partial charge < -0.3 is 4.74 Å². The molecule has 1 aromatic rings. The van der Waals surface area contributed by atoms with Crippen LogP contribution in [0.2, 0.25) is 0 Å². The predicted molar refractivity (Wildman–Crippen MR) is 42.4 cm³/mol. The molecule has 0 aliphatic heterocycles. The van der Waals surface area contributed by atoms with Crippen LogP contribution in [0.25, 0.3) is 0 Å². The Kier molecular flexibility index (Phi) is 2.90. The van der Waals surface area contributed by atoms with E-state index in [1.807, 2.05) is 0 Å². The number of alkyl halides is 2. The number of ether oxygens (including phenoxy) is 1. The molecule has 0 fully saturated rings. The van der Waals surface area contributed by atoms with Crippen LogP contribution in [0, 0.1) is 10.1 Å². The molecule has 14 heavy (non-hydrogen) atoms. The second-order valence-corrected chi connectivity index (χ2v) is 2.34. The van der Waals surface area contributed by atoms with Crippen LogP contribution in [0.1, 0.15) is 12.1 Å². The number of pyridine rings is 1. The summed E-state index contributed by atoms with van der Waals surface area (Å²) in [7, 11) is 1.20. The zero-order valence-corrected chi connectivity index (χ0v) is 7.11. The highest BCUT2D eigenvalue weighted by Gasteiger charge is 2.19. The first kappa shape index (κ1) is 10.3. The molecular formula is C7H6F2N2O3. The number of rotatable bonds is 3. The molecule has 0 N–H and O–H groups in total. The van der Waals surface area contributed by atoms with Crippen molar-refractivity contribution in [2.75, 3.05) is 7.11 Å². The van der Waals surface area contributed by atoms with Crippen molar-refractivity contribution >= 4 is 5.69 Å². The molecule has 0 amide bonds. The van der Waals surface area contributed by atoms with E-state index in [1.165, 1.54) is 7.11 Å². The molecule has 0 bridgehead atoms. The first-order valence-electron chi connectivity index (χ1n) is 3.52. The van der Waals surface area contributed by atoms with Gasteiger partial charge in [-0.15, -0.1) is 0 Å². The van der Waals surface area contributed by atoms with Gasteiger partial charge in [-0.3, -0.25) is 15.1 Å². The van der Waals surface area contributed by atoms with Gasteiger partial charge in [-0.05, 0) is 0 Å². The number of nitro groups is 1. The molecule has 1 aromatic heterocycles. The fourth-order valence-electron chi connectivity index (χ4n) is 0.867. The van der Waals surface area contributed by atoms with Crippen LogP contribution < -0.4 is 4.74 Å². The van der Waals surface area contributed by atoms with E-state index >= 15 is 0 Å². The summed E-state index contributed by atoms with van der Waals surface area (Å²) >= 11 is 0. The fourth-order valence-corrected chi connectivity index (χ4v) is 0.867. The SMILES string of the molecule is COc1cnc(C(F)F)cc1[N+](=O)[O-]. The topological polar surface area (TPSA) is 65.3 Å². The van der Waals surface area contributed by atoms with Gasteiger partial charge in [0, 0.05) is 6.07 Å². The lowest BCUT2D eigenvalue weighted by Gasteiger charge is -2.02. The minimum atomic E-state index is -2.83. The van der Waals surface area contributed by atoms with E-state index in [2.05, 4.69) is 9.72 Å². The number of halogens is 2. The summed E-state index contributed by atoms with van der Waals surface area (Å²) in [6, 6.07) is 0.698. The second kappa shape index (κ2) is 3.95. The van der Waals surface area contributed by atoms with Crippen LogP contribution in [0.15, 0.2) is 12.3 Å². The molecule has 0 spiro atoms. The maximum absolute atomic E-state index is 12.1. The predicted octanol–water partition coefficient (Wildman–Crippen LogP) is 1.94. The molecule has 0 aliphatic rings. The van der Waals surface area contributed by atoms with E-state index in [0.717, 1.165) is 6.20 Å². The van der Waals surface area contributed by atoms with E-state index < -0.39 is 22.7 Å². The van der Waals surface area contributed by atoms with E-state index in [-0.39, 0.29) is 5.75 Å². The van der Waals surface area contributed by atoms with Crippen LogP contribution in [-0.4, -0.2) is 17.0 Å². The Morgan fingerprint density at radius 1 is 1.64 bits per heavy atom. The van der Waals surface area contributed by atoms with E-state index in [4.69, 9.17) is 0 Å². The lowest BCUT2D eigenvalue weighted by Crippen LogP contribution is -1.98. The highest BCUT2D eigenvalue weighted by atomic mass is 19.3. The van der Waals surface area contributed by atoms with Gasteiger partial charge in [0.05, 0.1) is 18.2 Å². The number of methoxy groups -OCH3 is 1. The second-order valence-electron chi connectivity index (χ2n) is 2.34. The molecule has 0 saturated heterocycles. The molecule has 76 valence electrons. The van der Waals surface area contributed by atoms with Gasteiger partial charge in [0.15, 0.2) is 0 Å². The van der Waals surface area contributed by atoms with Crippen LogP contribution in [0.3, 0.4) is 0 Å². The monoisotopic (exact) mass is 204 g/mol. The van der Waals surface area contributed by atoms with Crippen LogP contribution in [-0.2, 0) is 0 Å². The smallest absolute Gasteiger partial charge is 0.314 e. The van der Waals surface area contributed by atoms with Crippen LogP contribution >= 0.6 is 0 Å². The summed E-state index contributed by atoms with van der Waals surface area (Å²) in [5.74, 6) is -0.139. The highest BCUT2D eigenvalue weighted by molar-refractivity contribution is 5.45. The number of hydrogen-bond acceptors (Lipinski definition) is 4. The van der Waals surface area contributed by atoms with Crippen molar-refractivity contribution < 1.29 is 18.4 Å². The molecule has 0 unspecified atom stereocenters. The number of aromatic nitrogens is 1. The van der Waals surface area contributed by atoms with Crippen molar-refractivity contribution in [3.05, 3.63) is 28.1 Å². The minimum Gasteiger partial charge on any atom is -0.489 e. The minimum absolute atomic E-state index is 0.139. The van der Waals surface area contributed by atoms with Crippen molar-refractivity contribution in [3.63, 3.8) is 0 Å². The third kappa shape index (κ3) is 1.93. The normalized spacial score (nSPS) is 10.3. The van der Waals surface area contributed by atoms with Gasteiger partial charge in [0.1, 0.15) is 5.69 Å². The Morgan fingerprint density at radius 2 is 2.29 bits per heavy atom. The summed E-state index contributed by atoms with van der Waals surface area (Å²) in [6.07, 6.45) is -1.93. The Bertz CT molecular complexity index is 357. The zero-order valence-electron chi connectivity index (χ0n) is 7.11. The first-order valence-corrected chi connectivity index (χ1v) is 3.52. The number of hydrogen-bond donors (Lipinski definition) is 0. The average Bonchev–Trinajstić information content (AvgIpc) is 2.16. The fraction of sp³-hybridized carbons (Fsp3) is 0.286. The lowest BCUT2D eigenvalue weighted by molar-refractivity contribution is -0.385. The average molecular weight is 204 g/mol. The molecule has 7 heteroatoms. The Morgan fingerprint density at radius 3 is 2.71 bits per heavy atom. The standard InChI is InChI=1S/C7H6F2N2O3/c1-14-6-3-10-4(7(8)9)2-5(6)11(12)13/h2-3,7H,1H3. The molecule has 0 aliphatic carbocycles. The van der Waals surface area contributed by atoms with Gasteiger partial charge in [-0.1, -0.05) is 0 Å². The molecule has 0 atom stereocenters. The van der Waals surface area contributed by atoms with Gasteiger partial charge in [-0.25, -0.2) is 8.78 Å². The van der Waals surface area contributed by atoms with Gasteiger partial charge >= 0.3 is 5.69 Å². The lowest BCUT2D eigenvalue weighted by atomic mass is 10.3. The maximum atomic E-state index is 12.1. The summed E-state index contributed by atoms with van der Waals surface area (Å²) in [5, 5.41) is 10.4. The Balaban J connectivity index is 3.21.